The maximum atomic E-state index is 12.6. The molecule has 0 saturated carbocycles. The third-order valence-corrected chi connectivity index (χ3v) is 6.34. The van der Waals surface area contributed by atoms with Crippen LogP contribution in [0.3, 0.4) is 0 Å². The minimum Gasteiger partial charge on any atom is -0.353 e. The first-order valence-electron chi connectivity index (χ1n) is 9.83. The van der Waals surface area contributed by atoms with E-state index in [4.69, 9.17) is 14.0 Å². The minimum atomic E-state index is -0.542. The van der Waals surface area contributed by atoms with Crippen LogP contribution >= 0.6 is 11.8 Å². The van der Waals surface area contributed by atoms with Crippen molar-refractivity contribution in [3.63, 3.8) is 0 Å². The summed E-state index contributed by atoms with van der Waals surface area (Å²) in [4.78, 5) is 12.6. The number of amides is 1. The molecule has 0 aromatic carbocycles. The Hall–Kier alpha value is -1.05. The summed E-state index contributed by atoms with van der Waals surface area (Å²) in [6.07, 6.45) is 4.05. The number of ether oxygens (including phenoxy) is 2. The molecule has 0 radical (unpaired) electrons. The summed E-state index contributed by atoms with van der Waals surface area (Å²) in [5.74, 6) is 0.287. The number of carbonyl (C=O) groups is 1. The normalized spacial score (nSPS) is 19.7. The van der Waals surface area contributed by atoms with Gasteiger partial charge in [0.15, 0.2) is 6.29 Å². The number of anilines is 1. The predicted octanol–water partition coefficient (Wildman–Crippen LogP) is 4.74. The topological polar surface area (TPSA) is 73.6 Å². The van der Waals surface area contributed by atoms with Gasteiger partial charge >= 0.3 is 0 Å². The zero-order valence-electron chi connectivity index (χ0n) is 17.5. The van der Waals surface area contributed by atoms with E-state index in [-0.39, 0.29) is 17.6 Å². The predicted molar refractivity (Wildman–Crippen MR) is 109 cm³/mol. The number of carbonyl (C=O) groups excluding carboxylic acids is 1. The molecule has 2 atom stereocenters. The second-order valence-corrected chi connectivity index (χ2v) is 10.4. The van der Waals surface area contributed by atoms with E-state index < -0.39 is 4.75 Å². The van der Waals surface area contributed by atoms with Crippen LogP contribution < -0.4 is 5.32 Å². The second-order valence-electron chi connectivity index (χ2n) is 8.37. The zero-order valence-corrected chi connectivity index (χ0v) is 18.3. The lowest BCUT2D eigenvalue weighted by molar-refractivity contribution is -0.170. The van der Waals surface area contributed by atoms with Gasteiger partial charge in [0.05, 0.1) is 17.0 Å². The Kier molecular flexibility index (Phi) is 7.77. The van der Waals surface area contributed by atoms with Gasteiger partial charge in [0, 0.05) is 23.3 Å². The first kappa shape index (κ1) is 22.2. The first-order valence-corrected chi connectivity index (χ1v) is 10.7. The fourth-order valence-corrected chi connectivity index (χ4v) is 4.10. The molecule has 1 fully saturated rings. The summed E-state index contributed by atoms with van der Waals surface area (Å²) < 4.78 is 16.3. The summed E-state index contributed by atoms with van der Waals surface area (Å²) in [5.41, 5.74) is 0.412. The molecule has 27 heavy (non-hydrogen) atoms. The van der Waals surface area contributed by atoms with E-state index in [0.29, 0.717) is 17.7 Å². The molecule has 0 aliphatic carbocycles. The van der Waals surface area contributed by atoms with Gasteiger partial charge in [0.25, 0.3) is 0 Å². The highest BCUT2D eigenvalue weighted by Crippen LogP contribution is 2.32. The molecule has 1 saturated heterocycles. The molecule has 2 heterocycles. The standard InChI is InChI=1S/C20H34N2O4S/c1-7-14(2)27-20(5,6)18(23)21-16-12-15(22-26-16)19(3,4)13-25-17-10-8-9-11-24-17/h12,14,17H,7-11,13H2,1-6H3,(H,21,23). The fourth-order valence-electron chi connectivity index (χ4n) is 2.77. The van der Waals surface area contributed by atoms with E-state index in [1.807, 2.05) is 27.7 Å². The Morgan fingerprint density at radius 1 is 1.41 bits per heavy atom. The molecule has 1 aliphatic rings. The molecule has 1 aromatic rings. The summed E-state index contributed by atoms with van der Waals surface area (Å²) in [5, 5.41) is 7.41. The zero-order chi connectivity index (χ0) is 20.1. The molecule has 2 rings (SSSR count). The molecule has 154 valence electrons. The van der Waals surface area contributed by atoms with Gasteiger partial charge in [0.2, 0.25) is 11.8 Å². The van der Waals surface area contributed by atoms with Crippen LogP contribution in [0.2, 0.25) is 0 Å². The largest absolute Gasteiger partial charge is 0.353 e. The smallest absolute Gasteiger partial charge is 0.242 e. The van der Waals surface area contributed by atoms with Crippen LogP contribution in [0, 0.1) is 0 Å². The van der Waals surface area contributed by atoms with Crippen LogP contribution in [0.1, 0.15) is 72.9 Å². The van der Waals surface area contributed by atoms with Crippen LogP contribution in [0.25, 0.3) is 0 Å². The van der Waals surface area contributed by atoms with Crippen LogP contribution in [0.4, 0.5) is 5.88 Å². The Morgan fingerprint density at radius 2 is 2.15 bits per heavy atom. The SMILES string of the molecule is CCC(C)SC(C)(C)C(=O)Nc1cc(C(C)(C)COC2CCCCO2)no1. The van der Waals surface area contributed by atoms with Crippen LogP contribution in [-0.4, -0.2) is 40.6 Å². The van der Waals surface area contributed by atoms with Crippen molar-refractivity contribution in [2.24, 2.45) is 0 Å². The van der Waals surface area contributed by atoms with E-state index in [1.54, 1.807) is 17.8 Å². The third-order valence-electron chi connectivity index (χ3n) is 4.83. The molecular formula is C20H34N2O4S. The summed E-state index contributed by atoms with van der Waals surface area (Å²) >= 11 is 1.66. The van der Waals surface area contributed by atoms with Crippen molar-refractivity contribution in [2.75, 3.05) is 18.5 Å². The third kappa shape index (κ3) is 6.50. The molecule has 6 nitrogen and oxygen atoms in total. The maximum Gasteiger partial charge on any atom is 0.242 e. The van der Waals surface area contributed by atoms with E-state index in [1.165, 1.54) is 0 Å². The van der Waals surface area contributed by atoms with Crippen LogP contribution in [0.15, 0.2) is 10.6 Å². The van der Waals surface area contributed by atoms with Crippen molar-refractivity contribution < 1.29 is 18.8 Å². The van der Waals surface area contributed by atoms with E-state index in [2.05, 4.69) is 24.3 Å². The molecule has 1 N–H and O–H groups in total. The summed E-state index contributed by atoms with van der Waals surface area (Å²) in [7, 11) is 0. The second kappa shape index (κ2) is 9.43. The molecule has 1 aliphatic heterocycles. The van der Waals surface area contributed by atoms with Crippen molar-refractivity contribution in [1.29, 1.82) is 0 Å². The summed E-state index contributed by atoms with van der Waals surface area (Å²) in [6.45, 7) is 13.4. The quantitative estimate of drug-likeness (QED) is 0.647. The lowest BCUT2D eigenvalue weighted by atomic mass is 9.90. The van der Waals surface area contributed by atoms with Gasteiger partial charge < -0.3 is 14.0 Å². The van der Waals surface area contributed by atoms with Crippen molar-refractivity contribution in [3.8, 4) is 0 Å². The molecule has 1 amide bonds. The fraction of sp³-hybridized carbons (Fsp3) is 0.800. The number of nitrogens with zero attached hydrogens (tertiary/aromatic N) is 1. The Bertz CT molecular complexity index is 609. The minimum absolute atomic E-state index is 0.0832. The number of hydrogen-bond acceptors (Lipinski definition) is 6. The lowest BCUT2D eigenvalue weighted by Crippen LogP contribution is -2.35. The first-order chi connectivity index (χ1) is 12.6. The van der Waals surface area contributed by atoms with Crippen molar-refractivity contribution in [2.45, 2.75) is 88.9 Å². The number of rotatable bonds is 9. The number of thioether (sulfide) groups is 1. The van der Waals surface area contributed by atoms with Gasteiger partial charge in [-0.3, -0.25) is 10.1 Å². The Labute approximate surface area is 167 Å². The van der Waals surface area contributed by atoms with Crippen LogP contribution in [-0.2, 0) is 19.7 Å². The summed E-state index contributed by atoms with van der Waals surface area (Å²) in [6, 6.07) is 1.78. The van der Waals surface area contributed by atoms with Crippen molar-refractivity contribution in [3.05, 3.63) is 11.8 Å². The molecule has 1 aromatic heterocycles. The van der Waals surface area contributed by atoms with E-state index >= 15 is 0 Å². The number of aromatic nitrogens is 1. The maximum absolute atomic E-state index is 12.6. The van der Waals surface area contributed by atoms with E-state index in [9.17, 15) is 4.79 Å². The van der Waals surface area contributed by atoms with Gasteiger partial charge in [0.1, 0.15) is 0 Å². The average molecular weight is 399 g/mol. The van der Waals surface area contributed by atoms with Crippen LogP contribution in [0.5, 0.6) is 0 Å². The molecule has 0 spiro atoms. The van der Waals surface area contributed by atoms with Gasteiger partial charge in [-0.25, -0.2) is 0 Å². The number of hydrogen-bond donors (Lipinski definition) is 1. The Morgan fingerprint density at radius 3 is 2.78 bits per heavy atom. The van der Waals surface area contributed by atoms with Gasteiger partial charge in [-0.15, -0.1) is 11.8 Å². The highest BCUT2D eigenvalue weighted by atomic mass is 32.2. The average Bonchev–Trinajstić information content (AvgIpc) is 3.10. The van der Waals surface area contributed by atoms with E-state index in [0.717, 1.165) is 38.0 Å². The molecule has 7 heteroatoms. The van der Waals surface area contributed by atoms with Crippen molar-refractivity contribution in [1.82, 2.24) is 5.16 Å². The lowest BCUT2D eigenvalue weighted by Gasteiger charge is -2.28. The molecular weight excluding hydrogens is 364 g/mol. The van der Waals surface area contributed by atoms with Gasteiger partial charge in [-0.05, 0) is 39.5 Å². The van der Waals surface area contributed by atoms with Crippen molar-refractivity contribution >= 4 is 23.6 Å². The van der Waals surface area contributed by atoms with Gasteiger partial charge in [-0.1, -0.05) is 32.9 Å². The van der Waals surface area contributed by atoms with Gasteiger partial charge in [-0.2, -0.15) is 0 Å². The monoisotopic (exact) mass is 398 g/mol. The molecule has 0 bridgehead atoms. The highest BCUT2D eigenvalue weighted by Gasteiger charge is 2.32. The Balaban J connectivity index is 1.93. The highest BCUT2D eigenvalue weighted by molar-refractivity contribution is 8.01. The molecule has 2 unspecified atom stereocenters. The number of nitrogens with one attached hydrogen (secondary N) is 1.